The van der Waals surface area contributed by atoms with Crippen LogP contribution in [0.1, 0.15) is 50.5 Å². The van der Waals surface area contributed by atoms with Crippen LogP contribution in [0.5, 0.6) is 0 Å². The number of aliphatic hydroxyl groups is 1. The van der Waals surface area contributed by atoms with Gasteiger partial charge in [0, 0.05) is 44.5 Å². The summed E-state index contributed by atoms with van der Waals surface area (Å²) in [5.74, 6) is 1.97. The predicted octanol–water partition coefficient (Wildman–Crippen LogP) is 3.96. The van der Waals surface area contributed by atoms with Crippen molar-refractivity contribution in [2.75, 3.05) is 19.0 Å². The molecule has 0 unspecified atom stereocenters. The van der Waals surface area contributed by atoms with Crippen molar-refractivity contribution in [3.8, 4) is 0 Å². The monoisotopic (exact) mass is 407 g/mol. The molecule has 3 saturated carbocycles. The Morgan fingerprint density at radius 2 is 1.87 bits per heavy atom. The second-order valence-electron chi connectivity index (χ2n) is 10.4. The van der Waals surface area contributed by atoms with Gasteiger partial charge >= 0.3 is 0 Å². The zero-order valence-electron chi connectivity index (χ0n) is 18.1. The number of Topliss-reactive ketones (excluding diaryl/α,β-unsaturated/α-hetero) is 2. The van der Waals surface area contributed by atoms with Crippen LogP contribution in [0.15, 0.2) is 35.9 Å². The van der Waals surface area contributed by atoms with Crippen LogP contribution in [0, 0.1) is 29.1 Å². The molecule has 4 nitrogen and oxygen atoms in total. The molecule has 0 aliphatic heterocycles. The van der Waals surface area contributed by atoms with E-state index >= 15 is 0 Å². The maximum atomic E-state index is 13.3. The topological polar surface area (TPSA) is 57.6 Å². The van der Waals surface area contributed by atoms with E-state index < -0.39 is 11.5 Å². The molecule has 4 heteroatoms. The Kier molecular flexibility index (Phi) is 4.89. The average Bonchev–Trinajstić information content (AvgIpc) is 3.03. The largest absolute Gasteiger partial charge is 0.393 e. The standard InChI is InChI=1S/C26H33NO3/c1-27(2)18-6-3-16(4-7-18)14-26-15-23(29)25-20-10-8-19(28)13-17(20)5-9-21(25)22(26)11-12-24(26)30/h3-7,20-23,25,29H,8-15H2,1-2H3/t20-,21-,22-,23-,25+,26-/m0/s1. The SMILES string of the molecule is CN(C)c1ccc(C[C@]23C[C@H](O)[C@H]4[C@@H](CC=C5CC(=O)CC[C@@H]54)[C@@H]2CCC3=O)cc1. The number of hydrogen-bond donors (Lipinski definition) is 1. The molecule has 4 aliphatic carbocycles. The third-order valence-electron chi connectivity index (χ3n) is 8.68. The summed E-state index contributed by atoms with van der Waals surface area (Å²) in [7, 11) is 4.07. The Balaban J connectivity index is 1.46. The first kappa shape index (κ1) is 20.0. The third-order valence-corrected chi connectivity index (χ3v) is 8.68. The number of ketones is 2. The summed E-state index contributed by atoms with van der Waals surface area (Å²) in [4.78, 5) is 27.3. The normalized spacial score (nSPS) is 37.8. The maximum absolute atomic E-state index is 13.3. The summed E-state index contributed by atoms with van der Waals surface area (Å²) < 4.78 is 0. The smallest absolute Gasteiger partial charge is 0.139 e. The zero-order valence-corrected chi connectivity index (χ0v) is 18.1. The second-order valence-corrected chi connectivity index (χ2v) is 10.4. The van der Waals surface area contributed by atoms with Gasteiger partial charge in [0.1, 0.15) is 11.6 Å². The lowest BCUT2D eigenvalue weighted by molar-refractivity contribution is -0.141. The fourth-order valence-corrected chi connectivity index (χ4v) is 7.34. The highest BCUT2D eigenvalue weighted by atomic mass is 16.3. The van der Waals surface area contributed by atoms with Crippen molar-refractivity contribution in [2.45, 2.75) is 57.5 Å². The molecular weight excluding hydrogens is 374 g/mol. The first-order chi connectivity index (χ1) is 14.4. The number of carbonyl (C=O) groups excluding carboxylic acids is 2. The Hall–Kier alpha value is -1.94. The lowest BCUT2D eigenvalue weighted by Crippen LogP contribution is -2.54. The molecule has 1 aromatic rings. The minimum atomic E-state index is -0.448. The van der Waals surface area contributed by atoms with E-state index in [-0.39, 0.29) is 5.92 Å². The van der Waals surface area contributed by atoms with Crippen LogP contribution in [-0.2, 0) is 16.0 Å². The van der Waals surface area contributed by atoms with Gasteiger partial charge in [0.2, 0.25) is 0 Å². The first-order valence-corrected chi connectivity index (χ1v) is 11.6. The quantitative estimate of drug-likeness (QED) is 0.771. The Morgan fingerprint density at radius 1 is 1.10 bits per heavy atom. The Labute approximate surface area is 179 Å². The Morgan fingerprint density at radius 3 is 2.60 bits per heavy atom. The predicted molar refractivity (Wildman–Crippen MR) is 117 cm³/mol. The van der Waals surface area contributed by atoms with Crippen molar-refractivity contribution in [2.24, 2.45) is 29.1 Å². The molecule has 30 heavy (non-hydrogen) atoms. The maximum Gasteiger partial charge on any atom is 0.139 e. The van der Waals surface area contributed by atoms with Gasteiger partial charge in [0.25, 0.3) is 0 Å². The molecular formula is C26H33NO3. The van der Waals surface area contributed by atoms with Crippen molar-refractivity contribution >= 4 is 17.3 Å². The van der Waals surface area contributed by atoms with Crippen LogP contribution < -0.4 is 4.90 Å². The van der Waals surface area contributed by atoms with E-state index in [1.54, 1.807) is 0 Å². The molecule has 160 valence electrons. The van der Waals surface area contributed by atoms with E-state index in [9.17, 15) is 14.7 Å². The molecule has 0 amide bonds. The number of carbonyl (C=O) groups is 2. The summed E-state index contributed by atoms with van der Waals surface area (Å²) >= 11 is 0. The van der Waals surface area contributed by atoms with E-state index in [0.717, 1.165) is 31.4 Å². The van der Waals surface area contributed by atoms with E-state index in [1.165, 1.54) is 11.1 Å². The summed E-state index contributed by atoms with van der Waals surface area (Å²) in [5.41, 5.74) is 3.20. The van der Waals surface area contributed by atoms with Crippen LogP contribution >= 0.6 is 0 Å². The number of nitrogens with zero attached hydrogens (tertiary/aromatic N) is 1. The molecule has 3 fully saturated rings. The van der Waals surface area contributed by atoms with Crippen LogP contribution in [0.25, 0.3) is 0 Å². The number of rotatable bonds is 3. The van der Waals surface area contributed by atoms with Gasteiger partial charge in [-0.3, -0.25) is 9.59 Å². The number of anilines is 1. The van der Waals surface area contributed by atoms with E-state index in [1.807, 2.05) is 14.1 Å². The number of benzene rings is 1. The third kappa shape index (κ3) is 3.07. The van der Waals surface area contributed by atoms with Crippen LogP contribution in [0.3, 0.4) is 0 Å². The van der Waals surface area contributed by atoms with Gasteiger partial charge in [-0.25, -0.2) is 0 Å². The number of fused-ring (bicyclic) bond motifs is 5. The molecule has 0 spiro atoms. The highest BCUT2D eigenvalue weighted by Gasteiger charge is 2.60. The van der Waals surface area contributed by atoms with Gasteiger partial charge in [0.05, 0.1) is 6.10 Å². The minimum absolute atomic E-state index is 0.221. The van der Waals surface area contributed by atoms with Crippen LogP contribution in [-0.4, -0.2) is 36.9 Å². The number of aliphatic hydroxyl groups excluding tert-OH is 1. The molecule has 4 aliphatic rings. The van der Waals surface area contributed by atoms with Crippen molar-refractivity contribution < 1.29 is 14.7 Å². The van der Waals surface area contributed by atoms with Crippen molar-refractivity contribution in [1.29, 1.82) is 0 Å². The molecule has 6 atom stereocenters. The zero-order chi connectivity index (χ0) is 21.0. The molecule has 1 N–H and O–H groups in total. The second kappa shape index (κ2) is 7.33. The molecule has 1 aromatic carbocycles. The van der Waals surface area contributed by atoms with Gasteiger partial charge in [0.15, 0.2) is 0 Å². The number of allylic oxidation sites excluding steroid dienone is 2. The summed E-state index contributed by atoms with van der Waals surface area (Å²) in [6.07, 6.45) is 7.79. The van der Waals surface area contributed by atoms with Gasteiger partial charge in [-0.05, 0) is 73.5 Å². The fraction of sp³-hybridized carbons (Fsp3) is 0.615. The lowest BCUT2D eigenvalue weighted by atomic mass is 9.50. The molecule has 0 bridgehead atoms. The van der Waals surface area contributed by atoms with Crippen LogP contribution in [0.2, 0.25) is 0 Å². The Bertz CT molecular complexity index is 886. The van der Waals surface area contributed by atoms with E-state index in [4.69, 9.17) is 0 Å². The molecule has 0 aromatic heterocycles. The molecule has 5 rings (SSSR count). The highest BCUT2D eigenvalue weighted by molar-refractivity contribution is 5.88. The van der Waals surface area contributed by atoms with Gasteiger partial charge in [-0.1, -0.05) is 23.8 Å². The van der Waals surface area contributed by atoms with Crippen molar-refractivity contribution in [1.82, 2.24) is 0 Å². The van der Waals surface area contributed by atoms with E-state index in [0.29, 0.717) is 55.0 Å². The first-order valence-electron chi connectivity index (χ1n) is 11.6. The lowest BCUT2D eigenvalue weighted by Gasteiger charge is -2.54. The summed E-state index contributed by atoms with van der Waals surface area (Å²) in [6, 6.07) is 8.54. The average molecular weight is 408 g/mol. The number of hydrogen-bond acceptors (Lipinski definition) is 4. The highest BCUT2D eigenvalue weighted by Crippen LogP contribution is 2.61. The van der Waals surface area contributed by atoms with E-state index in [2.05, 4.69) is 35.2 Å². The van der Waals surface area contributed by atoms with Gasteiger partial charge in [-0.2, -0.15) is 0 Å². The van der Waals surface area contributed by atoms with Crippen molar-refractivity contribution in [3.05, 3.63) is 41.5 Å². The van der Waals surface area contributed by atoms with Gasteiger partial charge in [-0.15, -0.1) is 0 Å². The van der Waals surface area contributed by atoms with Crippen LogP contribution in [0.4, 0.5) is 5.69 Å². The summed E-state index contributed by atoms with van der Waals surface area (Å²) in [6.45, 7) is 0. The minimum Gasteiger partial charge on any atom is -0.393 e. The van der Waals surface area contributed by atoms with Crippen molar-refractivity contribution in [3.63, 3.8) is 0 Å². The fourth-order valence-electron chi connectivity index (χ4n) is 7.34. The van der Waals surface area contributed by atoms with Gasteiger partial charge < -0.3 is 10.0 Å². The summed E-state index contributed by atoms with van der Waals surface area (Å²) in [5, 5.41) is 11.4. The molecule has 0 saturated heterocycles. The molecule has 0 radical (unpaired) electrons. The molecule has 0 heterocycles.